The number of nitrogens with one attached hydrogen (secondary N) is 1. The highest BCUT2D eigenvalue weighted by Crippen LogP contribution is 2.30. The third-order valence-electron chi connectivity index (χ3n) is 2.91. The van der Waals surface area contributed by atoms with Crippen molar-refractivity contribution in [2.75, 3.05) is 11.8 Å². The summed E-state index contributed by atoms with van der Waals surface area (Å²) in [6, 6.07) is 10.8. The molecule has 0 amide bonds. The number of hydrogen-bond donors (Lipinski definition) is 1. The van der Waals surface area contributed by atoms with Gasteiger partial charge >= 0.3 is 0 Å². The summed E-state index contributed by atoms with van der Waals surface area (Å²) in [5.74, 6) is 0.135. The molecule has 1 N–H and O–H groups in total. The lowest BCUT2D eigenvalue weighted by molar-refractivity contribution is -0.384. The van der Waals surface area contributed by atoms with Crippen molar-refractivity contribution in [2.24, 2.45) is 0 Å². The van der Waals surface area contributed by atoms with Crippen LogP contribution in [0.25, 0.3) is 0 Å². The van der Waals surface area contributed by atoms with Crippen molar-refractivity contribution in [3.63, 3.8) is 0 Å². The van der Waals surface area contributed by atoms with E-state index in [1.54, 1.807) is 0 Å². The van der Waals surface area contributed by atoms with E-state index >= 15 is 0 Å². The van der Waals surface area contributed by atoms with Gasteiger partial charge in [-0.2, -0.15) is 5.26 Å². The molecule has 0 bridgehead atoms. The van der Waals surface area contributed by atoms with Gasteiger partial charge < -0.3 is 4.74 Å². The first-order valence-corrected chi connectivity index (χ1v) is 7.71. The number of nitriles is 1. The molecule has 118 valence electrons. The number of nitro groups is 1. The largest absolute Gasteiger partial charge is 0.495 e. The fourth-order valence-corrected chi connectivity index (χ4v) is 2.93. The summed E-state index contributed by atoms with van der Waals surface area (Å²) in [6.07, 6.45) is 0. The van der Waals surface area contributed by atoms with Crippen molar-refractivity contribution < 1.29 is 18.1 Å². The lowest BCUT2D eigenvalue weighted by Crippen LogP contribution is -2.14. The van der Waals surface area contributed by atoms with Gasteiger partial charge in [0.25, 0.3) is 15.7 Å². The zero-order chi connectivity index (χ0) is 17.0. The fraction of sp³-hybridized carbons (Fsp3) is 0.0714. The van der Waals surface area contributed by atoms with Gasteiger partial charge in [-0.1, -0.05) is 6.07 Å². The maximum Gasteiger partial charge on any atom is 0.271 e. The Bertz CT molecular complexity index is 903. The fourth-order valence-electron chi connectivity index (χ4n) is 1.83. The van der Waals surface area contributed by atoms with E-state index < -0.39 is 14.9 Å². The van der Waals surface area contributed by atoms with E-state index in [0.29, 0.717) is 0 Å². The van der Waals surface area contributed by atoms with Gasteiger partial charge in [0, 0.05) is 12.1 Å². The molecule has 0 aliphatic heterocycles. The van der Waals surface area contributed by atoms with Gasteiger partial charge in [0.2, 0.25) is 0 Å². The van der Waals surface area contributed by atoms with Crippen LogP contribution >= 0.6 is 0 Å². The number of non-ortho nitro benzene ring substituents is 1. The molecule has 0 atom stereocenters. The molecule has 0 aliphatic rings. The van der Waals surface area contributed by atoms with E-state index in [-0.39, 0.29) is 27.6 Å². The Morgan fingerprint density at radius 3 is 2.61 bits per heavy atom. The molecule has 8 nitrogen and oxygen atoms in total. The minimum atomic E-state index is -4.02. The molecule has 9 heteroatoms. The van der Waals surface area contributed by atoms with Gasteiger partial charge in [-0.05, 0) is 24.3 Å². The summed E-state index contributed by atoms with van der Waals surface area (Å²) in [4.78, 5) is 10.0. The van der Waals surface area contributed by atoms with Crippen LogP contribution in [0.15, 0.2) is 47.4 Å². The highest BCUT2D eigenvalue weighted by Gasteiger charge is 2.19. The van der Waals surface area contributed by atoms with E-state index in [2.05, 4.69) is 4.72 Å². The van der Waals surface area contributed by atoms with E-state index in [9.17, 15) is 18.5 Å². The molecule has 0 heterocycles. The Hall–Kier alpha value is -3.12. The molecular formula is C14H11N3O5S. The highest BCUT2D eigenvalue weighted by molar-refractivity contribution is 7.92. The summed E-state index contributed by atoms with van der Waals surface area (Å²) in [7, 11) is -2.71. The first kappa shape index (κ1) is 16.3. The van der Waals surface area contributed by atoms with Crippen molar-refractivity contribution >= 4 is 21.4 Å². The van der Waals surface area contributed by atoms with Gasteiger partial charge in [-0.25, -0.2) is 8.42 Å². The van der Waals surface area contributed by atoms with E-state index in [1.165, 1.54) is 43.5 Å². The summed E-state index contributed by atoms with van der Waals surface area (Å²) in [6.45, 7) is 0. The van der Waals surface area contributed by atoms with E-state index in [0.717, 1.165) is 6.07 Å². The second kappa shape index (κ2) is 6.33. The topological polar surface area (TPSA) is 122 Å². The molecule has 0 unspecified atom stereocenters. The maximum atomic E-state index is 12.4. The van der Waals surface area contributed by atoms with Crippen LogP contribution < -0.4 is 9.46 Å². The molecule has 0 fully saturated rings. The predicted molar refractivity (Wildman–Crippen MR) is 81.6 cm³/mol. The highest BCUT2D eigenvalue weighted by atomic mass is 32.2. The van der Waals surface area contributed by atoms with E-state index in [4.69, 9.17) is 10.00 Å². The number of nitro benzene ring substituents is 1. The minimum Gasteiger partial charge on any atom is -0.495 e. The van der Waals surface area contributed by atoms with Crippen LogP contribution in [-0.2, 0) is 10.0 Å². The van der Waals surface area contributed by atoms with Gasteiger partial charge in [0.05, 0.1) is 34.2 Å². The Kier molecular flexibility index (Phi) is 4.47. The van der Waals surface area contributed by atoms with Crippen LogP contribution in [0, 0.1) is 21.4 Å². The number of rotatable bonds is 5. The maximum absolute atomic E-state index is 12.4. The molecule has 0 radical (unpaired) electrons. The average molecular weight is 333 g/mol. The number of ether oxygens (including phenoxy) is 1. The zero-order valence-corrected chi connectivity index (χ0v) is 12.7. The smallest absolute Gasteiger partial charge is 0.271 e. The first-order chi connectivity index (χ1) is 10.9. The van der Waals surface area contributed by atoms with Gasteiger partial charge in [0.15, 0.2) is 0 Å². The van der Waals surface area contributed by atoms with Crippen LogP contribution in [0.1, 0.15) is 5.56 Å². The van der Waals surface area contributed by atoms with Crippen molar-refractivity contribution in [2.45, 2.75) is 4.90 Å². The lowest BCUT2D eigenvalue weighted by atomic mass is 10.2. The summed E-state index contributed by atoms with van der Waals surface area (Å²) >= 11 is 0. The summed E-state index contributed by atoms with van der Waals surface area (Å²) < 4.78 is 32.0. The molecule has 0 saturated heterocycles. The van der Waals surface area contributed by atoms with Crippen LogP contribution in [0.3, 0.4) is 0 Å². The van der Waals surface area contributed by atoms with Crippen LogP contribution in [-0.4, -0.2) is 20.5 Å². The molecule has 0 saturated carbocycles. The van der Waals surface area contributed by atoms with Crippen molar-refractivity contribution in [3.05, 3.63) is 58.1 Å². The Morgan fingerprint density at radius 1 is 1.26 bits per heavy atom. The molecule has 2 rings (SSSR count). The monoisotopic (exact) mass is 333 g/mol. The van der Waals surface area contributed by atoms with Crippen molar-refractivity contribution in [1.29, 1.82) is 5.26 Å². The molecule has 0 aromatic heterocycles. The normalized spacial score (nSPS) is 10.6. The molecule has 2 aromatic carbocycles. The quantitative estimate of drug-likeness (QED) is 0.661. The van der Waals surface area contributed by atoms with Crippen LogP contribution in [0.2, 0.25) is 0 Å². The Labute approximate surface area is 132 Å². The van der Waals surface area contributed by atoms with Crippen LogP contribution in [0.4, 0.5) is 11.4 Å². The van der Waals surface area contributed by atoms with E-state index in [1.807, 2.05) is 6.07 Å². The summed E-state index contributed by atoms with van der Waals surface area (Å²) in [5.41, 5.74) is -0.169. The standard InChI is InChI=1S/C14H11N3O5S/c1-22-14-6-5-11(17(18)19)8-13(14)16-23(20,21)12-4-2-3-10(7-12)9-15/h2-8,16H,1H3. The SMILES string of the molecule is COc1ccc([N+](=O)[O-])cc1NS(=O)(=O)c1cccc(C#N)c1. The molecule has 23 heavy (non-hydrogen) atoms. The second-order valence-corrected chi connectivity index (χ2v) is 6.07. The predicted octanol–water partition coefficient (Wildman–Crippen LogP) is 2.28. The third-order valence-corrected chi connectivity index (χ3v) is 4.27. The number of anilines is 1. The number of methoxy groups -OCH3 is 1. The van der Waals surface area contributed by atoms with Crippen molar-refractivity contribution in [1.82, 2.24) is 0 Å². The zero-order valence-electron chi connectivity index (χ0n) is 11.9. The first-order valence-electron chi connectivity index (χ1n) is 6.23. The van der Waals surface area contributed by atoms with Crippen LogP contribution in [0.5, 0.6) is 5.75 Å². The summed E-state index contributed by atoms with van der Waals surface area (Å²) in [5, 5.41) is 19.7. The number of hydrogen-bond acceptors (Lipinski definition) is 6. The molecule has 0 aliphatic carbocycles. The van der Waals surface area contributed by atoms with Gasteiger partial charge in [-0.15, -0.1) is 0 Å². The molecular weight excluding hydrogens is 322 g/mol. The van der Waals surface area contributed by atoms with Gasteiger partial charge in [0.1, 0.15) is 5.75 Å². The minimum absolute atomic E-state index is 0.0657. The Balaban J connectivity index is 2.46. The number of nitrogens with zero attached hydrogens (tertiary/aromatic N) is 2. The lowest BCUT2D eigenvalue weighted by Gasteiger charge is -2.11. The van der Waals surface area contributed by atoms with Gasteiger partial charge in [-0.3, -0.25) is 14.8 Å². The Morgan fingerprint density at radius 2 is 2.00 bits per heavy atom. The second-order valence-electron chi connectivity index (χ2n) is 4.39. The molecule has 0 spiro atoms. The molecule has 2 aromatic rings. The third kappa shape index (κ3) is 3.56. The van der Waals surface area contributed by atoms with Crippen molar-refractivity contribution in [3.8, 4) is 11.8 Å². The average Bonchev–Trinajstić information content (AvgIpc) is 2.54. The number of sulfonamides is 1. The number of benzene rings is 2.